The van der Waals surface area contributed by atoms with Crippen molar-refractivity contribution in [3.05, 3.63) is 42.1 Å². The van der Waals surface area contributed by atoms with E-state index < -0.39 is 0 Å². The summed E-state index contributed by atoms with van der Waals surface area (Å²) >= 11 is 0. The molecule has 0 fully saturated rings. The van der Waals surface area contributed by atoms with Gasteiger partial charge in [0.05, 0.1) is 5.52 Å². The molecule has 0 N–H and O–H groups in total. The number of fused-ring (bicyclic) bond motifs is 1. The number of hydrogen-bond acceptors (Lipinski definition) is 1. The minimum atomic E-state index is 1.08. The maximum atomic E-state index is 4.29. The van der Waals surface area contributed by atoms with E-state index in [0.717, 1.165) is 11.9 Å². The van der Waals surface area contributed by atoms with Crippen LogP contribution in [0.5, 0.6) is 0 Å². The second kappa shape index (κ2) is 2.94. The van der Waals surface area contributed by atoms with Crippen LogP contribution in [-0.4, -0.2) is 4.98 Å². The SMILES string of the molecule is CCc1ccc2cccnc2c1. The van der Waals surface area contributed by atoms with Crippen LogP contribution in [-0.2, 0) is 6.42 Å². The molecule has 0 bridgehead atoms. The Labute approximate surface area is 72.1 Å². The van der Waals surface area contributed by atoms with Gasteiger partial charge in [-0.15, -0.1) is 0 Å². The van der Waals surface area contributed by atoms with Crippen molar-refractivity contribution in [2.45, 2.75) is 13.3 Å². The third-order valence-corrected chi connectivity index (χ3v) is 2.08. The van der Waals surface area contributed by atoms with Crippen LogP contribution in [0.1, 0.15) is 12.5 Å². The molecule has 1 aromatic carbocycles. The van der Waals surface area contributed by atoms with Crippen LogP contribution in [0.3, 0.4) is 0 Å². The number of aromatic nitrogens is 1. The molecule has 2 rings (SSSR count). The minimum Gasteiger partial charge on any atom is -0.256 e. The van der Waals surface area contributed by atoms with Crippen LogP contribution < -0.4 is 0 Å². The van der Waals surface area contributed by atoms with Crippen molar-refractivity contribution in [3.63, 3.8) is 0 Å². The highest BCUT2D eigenvalue weighted by Crippen LogP contribution is 2.12. The van der Waals surface area contributed by atoms with Gasteiger partial charge >= 0.3 is 0 Å². The van der Waals surface area contributed by atoms with E-state index >= 15 is 0 Å². The van der Waals surface area contributed by atoms with E-state index in [4.69, 9.17) is 0 Å². The lowest BCUT2D eigenvalue weighted by molar-refractivity contribution is 1.14. The summed E-state index contributed by atoms with van der Waals surface area (Å²) in [6, 6.07) is 10.5. The first-order valence-corrected chi connectivity index (χ1v) is 4.24. The monoisotopic (exact) mass is 157 g/mol. The Bertz CT molecular complexity index is 393. The molecule has 0 aliphatic rings. The van der Waals surface area contributed by atoms with Gasteiger partial charge in [0.1, 0.15) is 0 Å². The number of hydrogen-bond donors (Lipinski definition) is 0. The van der Waals surface area contributed by atoms with E-state index in [0.29, 0.717) is 0 Å². The van der Waals surface area contributed by atoms with E-state index in [1.807, 2.05) is 12.3 Å². The maximum Gasteiger partial charge on any atom is 0.0704 e. The first-order valence-electron chi connectivity index (χ1n) is 4.24. The number of nitrogens with zero attached hydrogens (tertiary/aromatic N) is 1. The van der Waals surface area contributed by atoms with E-state index in [2.05, 4.69) is 36.2 Å². The molecule has 0 aliphatic heterocycles. The molecule has 0 radical (unpaired) electrons. The summed E-state index contributed by atoms with van der Waals surface area (Å²) in [6.45, 7) is 2.16. The largest absolute Gasteiger partial charge is 0.256 e. The van der Waals surface area contributed by atoms with E-state index in [9.17, 15) is 0 Å². The topological polar surface area (TPSA) is 12.9 Å². The first kappa shape index (κ1) is 7.29. The van der Waals surface area contributed by atoms with Crippen LogP contribution in [0.4, 0.5) is 0 Å². The quantitative estimate of drug-likeness (QED) is 0.620. The van der Waals surface area contributed by atoms with Gasteiger partial charge in [-0.3, -0.25) is 4.98 Å². The second-order valence-corrected chi connectivity index (χ2v) is 2.88. The molecule has 0 saturated heterocycles. The maximum absolute atomic E-state index is 4.29. The zero-order chi connectivity index (χ0) is 8.39. The molecule has 1 heteroatoms. The van der Waals surface area contributed by atoms with E-state index in [1.165, 1.54) is 10.9 Å². The Morgan fingerprint density at radius 3 is 3.00 bits per heavy atom. The molecule has 1 heterocycles. The predicted octanol–water partition coefficient (Wildman–Crippen LogP) is 2.80. The predicted molar refractivity (Wildman–Crippen MR) is 51.1 cm³/mol. The van der Waals surface area contributed by atoms with Crippen LogP contribution in [0, 0.1) is 0 Å². The molecule has 2 aromatic rings. The summed E-state index contributed by atoms with van der Waals surface area (Å²) in [4.78, 5) is 4.29. The lowest BCUT2D eigenvalue weighted by Crippen LogP contribution is -1.81. The van der Waals surface area contributed by atoms with Gasteiger partial charge in [0.25, 0.3) is 0 Å². The van der Waals surface area contributed by atoms with Crippen molar-refractivity contribution in [2.24, 2.45) is 0 Å². The van der Waals surface area contributed by atoms with Crippen LogP contribution in [0.25, 0.3) is 10.9 Å². The van der Waals surface area contributed by atoms with Crippen molar-refractivity contribution < 1.29 is 0 Å². The number of pyridine rings is 1. The van der Waals surface area contributed by atoms with Crippen molar-refractivity contribution in [2.75, 3.05) is 0 Å². The highest BCUT2D eigenvalue weighted by Gasteiger charge is 1.93. The molecule has 0 saturated carbocycles. The highest BCUT2D eigenvalue weighted by molar-refractivity contribution is 5.78. The molecular formula is C11H11N. The van der Waals surface area contributed by atoms with Gasteiger partial charge in [-0.2, -0.15) is 0 Å². The standard InChI is InChI=1S/C11H11N/c1-2-9-5-6-10-4-3-7-12-11(10)8-9/h3-8H,2H2,1H3. The Kier molecular flexibility index (Phi) is 1.78. The second-order valence-electron chi connectivity index (χ2n) is 2.88. The van der Waals surface area contributed by atoms with Crippen molar-refractivity contribution in [3.8, 4) is 0 Å². The molecule has 12 heavy (non-hydrogen) atoms. The lowest BCUT2D eigenvalue weighted by atomic mass is 10.1. The van der Waals surface area contributed by atoms with Gasteiger partial charge in [-0.25, -0.2) is 0 Å². The molecule has 0 atom stereocenters. The normalized spacial score (nSPS) is 10.4. The average molecular weight is 157 g/mol. The Morgan fingerprint density at radius 2 is 2.17 bits per heavy atom. The van der Waals surface area contributed by atoms with E-state index in [1.54, 1.807) is 0 Å². The summed E-state index contributed by atoms with van der Waals surface area (Å²) in [6.07, 6.45) is 2.91. The van der Waals surface area contributed by atoms with Gasteiger partial charge in [0.2, 0.25) is 0 Å². The fourth-order valence-corrected chi connectivity index (χ4v) is 1.33. The number of rotatable bonds is 1. The van der Waals surface area contributed by atoms with Crippen molar-refractivity contribution in [1.29, 1.82) is 0 Å². The summed E-state index contributed by atoms with van der Waals surface area (Å²) in [5.74, 6) is 0. The van der Waals surface area contributed by atoms with Gasteiger partial charge in [-0.1, -0.05) is 25.1 Å². The van der Waals surface area contributed by atoms with Crippen LogP contribution in [0.15, 0.2) is 36.5 Å². The summed E-state index contributed by atoms with van der Waals surface area (Å²) in [5, 5.41) is 1.22. The Balaban J connectivity index is 2.67. The highest BCUT2D eigenvalue weighted by atomic mass is 14.6. The zero-order valence-electron chi connectivity index (χ0n) is 7.12. The third kappa shape index (κ3) is 1.18. The Morgan fingerprint density at radius 1 is 1.25 bits per heavy atom. The third-order valence-electron chi connectivity index (χ3n) is 2.08. The lowest BCUT2D eigenvalue weighted by Gasteiger charge is -1.98. The van der Waals surface area contributed by atoms with Crippen molar-refractivity contribution >= 4 is 10.9 Å². The number of benzene rings is 1. The van der Waals surface area contributed by atoms with Crippen LogP contribution >= 0.6 is 0 Å². The Hall–Kier alpha value is -1.37. The fourth-order valence-electron chi connectivity index (χ4n) is 1.33. The smallest absolute Gasteiger partial charge is 0.0704 e. The molecule has 0 amide bonds. The molecule has 60 valence electrons. The molecule has 0 spiro atoms. The minimum absolute atomic E-state index is 1.08. The molecule has 0 unspecified atom stereocenters. The summed E-state index contributed by atoms with van der Waals surface area (Å²) < 4.78 is 0. The number of aryl methyl sites for hydroxylation is 1. The zero-order valence-corrected chi connectivity index (χ0v) is 7.12. The molecular weight excluding hydrogens is 146 g/mol. The summed E-state index contributed by atoms with van der Waals surface area (Å²) in [5.41, 5.74) is 2.44. The molecule has 1 nitrogen and oxygen atoms in total. The fraction of sp³-hybridized carbons (Fsp3) is 0.182. The van der Waals surface area contributed by atoms with Gasteiger partial charge in [0, 0.05) is 11.6 Å². The van der Waals surface area contributed by atoms with Gasteiger partial charge in [0.15, 0.2) is 0 Å². The van der Waals surface area contributed by atoms with Gasteiger partial charge in [-0.05, 0) is 24.1 Å². The molecule has 1 aromatic heterocycles. The average Bonchev–Trinajstić information content (AvgIpc) is 2.17. The first-order chi connectivity index (χ1) is 5.90. The van der Waals surface area contributed by atoms with E-state index in [-0.39, 0.29) is 0 Å². The van der Waals surface area contributed by atoms with Gasteiger partial charge < -0.3 is 0 Å². The van der Waals surface area contributed by atoms with Crippen molar-refractivity contribution in [1.82, 2.24) is 4.98 Å². The van der Waals surface area contributed by atoms with Crippen LogP contribution in [0.2, 0.25) is 0 Å². The summed E-state index contributed by atoms with van der Waals surface area (Å²) in [7, 11) is 0. The molecule has 0 aliphatic carbocycles.